The molecule has 0 saturated heterocycles. The second-order valence-electron chi connectivity index (χ2n) is 4.82. The summed E-state index contributed by atoms with van der Waals surface area (Å²) in [6.07, 6.45) is 0. The Hall–Kier alpha value is -2.39. The molecule has 0 saturated carbocycles. The van der Waals surface area contributed by atoms with Crippen LogP contribution in [-0.2, 0) is 9.84 Å². The highest BCUT2D eigenvalue weighted by Gasteiger charge is 2.34. The van der Waals surface area contributed by atoms with Crippen LogP contribution in [0.15, 0.2) is 47.4 Å². The summed E-state index contributed by atoms with van der Waals surface area (Å²) in [6.45, 7) is 0. The number of rotatable bonds is 2. The number of nitrogens with one attached hydrogen (secondary N) is 1. The molecular formula is C15H11FN2O2S. The summed E-state index contributed by atoms with van der Waals surface area (Å²) >= 11 is 0. The molecule has 0 spiro atoms. The number of anilines is 1. The predicted octanol–water partition coefficient (Wildman–Crippen LogP) is 2.64. The molecule has 1 unspecified atom stereocenters. The van der Waals surface area contributed by atoms with Crippen molar-refractivity contribution in [2.75, 3.05) is 11.1 Å². The maximum Gasteiger partial charge on any atom is 0.181 e. The van der Waals surface area contributed by atoms with Gasteiger partial charge in [-0.15, -0.1) is 0 Å². The first-order valence-electron chi connectivity index (χ1n) is 6.29. The zero-order valence-corrected chi connectivity index (χ0v) is 11.7. The van der Waals surface area contributed by atoms with Gasteiger partial charge in [-0.05, 0) is 29.8 Å². The Morgan fingerprint density at radius 1 is 1.24 bits per heavy atom. The minimum Gasteiger partial charge on any atom is -0.375 e. The number of hydrogen-bond donors (Lipinski definition) is 1. The maximum atomic E-state index is 13.9. The molecule has 0 bridgehead atoms. The van der Waals surface area contributed by atoms with Gasteiger partial charge in [0.05, 0.1) is 34.0 Å². The van der Waals surface area contributed by atoms with Gasteiger partial charge in [-0.2, -0.15) is 5.26 Å². The zero-order chi connectivity index (χ0) is 15.0. The van der Waals surface area contributed by atoms with Crippen molar-refractivity contribution in [3.8, 4) is 6.07 Å². The number of benzene rings is 2. The number of nitrogens with zero attached hydrogens (tertiary/aromatic N) is 1. The molecule has 1 aliphatic rings. The van der Waals surface area contributed by atoms with Gasteiger partial charge in [0.15, 0.2) is 9.84 Å². The predicted molar refractivity (Wildman–Crippen MR) is 76.0 cm³/mol. The summed E-state index contributed by atoms with van der Waals surface area (Å²) in [6, 6.07) is 12.1. The smallest absolute Gasteiger partial charge is 0.181 e. The van der Waals surface area contributed by atoms with Gasteiger partial charge in [-0.1, -0.05) is 18.2 Å². The standard InChI is InChI=1S/C15H11FN2O2S/c16-12-7-10(8-17)5-6-13(12)18-14-9-21(19,20)15-4-2-1-3-11(14)15/h1-7,14,18H,9H2. The maximum absolute atomic E-state index is 13.9. The van der Waals surface area contributed by atoms with Crippen molar-refractivity contribution >= 4 is 15.5 Å². The minimum atomic E-state index is -3.34. The van der Waals surface area contributed by atoms with Crippen LogP contribution in [0, 0.1) is 17.1 Å². The average molecular weight is 302 g/mol. The molecule has 1 N–H and O–H groups in total. The van der Waals surface area contributed by atoms with Gasteiger partial charge in [0, 0.05) is 0 Å². The highest BCUT2D eigenvalue weighted by Crippen LogP contribution is 2.35. The van der Waals surface area contributed by atoms with Crippen LogP contribution < -0.4 is 5.32 Å². The van der Waals surface area contributed by atoms with E-state index >= 15 is 0 Å². The fraction of sp³-hybridized carbons (Fsp3) is 0.133. The molecule has 0 aromatic heterocycles. The van der Waals surface area contributed by atoms with Gasteiger partial charge in [0.1, 0.15) is 5.82 Å². The molecule has 106 valence electrons. The van der Waals surface area contributed by atoms with Crippen molar-refractivity contribution in [3.05, 3.63) is 59.4 Å². The van der Waals surface area contributed by atoms with E-state index in [1.54, 1.807) is 24.3 Å². The molecule has 1 aliphatic heterocycles. The molecule has 0 amide bonds. The number of hydrogen-bond acceptors (Lipinski definition) is 4. The third-order valence-corrected chi connectivity index (χ3v) is 5.26. The van der Waals surface area contributed by atoms with Crippen molar-refractivity contribution in [1.29, 1.82) is 5.26 Å². The van der Waals surface area contributed by atoms with E-state index in [9.17, 15) is 12.8 Å². The summed E-state index contributed by atoms with van der Waals surface area (Å²) in [5, 5.41) is 11.6. The van der Waals surface area contributed by atoms with E-state index in [4.69, 9.17) is 5.26 Å². The Bertz CT molecular complexity index is 856. The van der Waals surface area contributed by atoms with Crippen LogP contribution in [0.25, 0.3) is 0 Å². The normalized spacial score (nSPS) is 18.8. The molecule has 0 fully saturated rings. The lowest BCUT2D eigenvalue weighted by atomic mass is 10.1. The quantitative estimate of drug-likeness (QED) is 0.926. The van der Waals surface area contributed by atoms with E-state index in [0.717, 1.165) is 6.07 Å². The van der Waals surface area contributed by atoms with E-state index in [0.29, 0.717) is 5.56 Å². The van der Waals surface area contributed by atoms with Gasteiger partial charge in [0.2, 0.25) is 0 Å². The van der Waals surface area contributed by atoms with Crippen molar-refractivity contribution in [3.63, 3.8) is 0 Å². The second kappa shape index (κ2) is 4.86. The summed E-state index contributed by atoms with van der Waals surface area (Å²) in [5.41, 5.74) is 1.05. The third kappa shape index (κ3) is 2.36. The SMILES string of the molecule is N#Cc1ccc(NC2CS(=O)(=O)c3ccccc32)c(F)c1. The van der Waals surface area contributed by atoms with Crippen LogP contribution in [0.5, 0.6) is 0 Å². The third-order valence-electron chi connectivity index (χ3n) is 3.44. The molecule has 2 aromatic rings. The van der Waals surface area contributed by atoms with E-state index in [-0.39, 0.29) is 21.9 Å². The number of nitriles is 1. The average Bonchev–Trinajstić information content (AvgIpc) is 2.73. The first-order valence-corrected chi connectivity index (χ1v) is 7.94. The monoisotopic (exact) mass is 302 g/mol. The van der Waals surface area contributed by atoms with Crippen molar-refractivity contribution in [2.45, 2.75) is 10.9 Å². The molecule has 2 aromatic carbocycles. The van der Waals surface area contributed by atoms with Crippen LogP contribution in [0.1, 0.15) is 17.2 Å². The van der Waals surface area contributed by atoms with E-state index in [2.05, 4.69) is 5.32 Å². The molecule has 6 heteroatoms. The van der Waals surface area contributed by atoms with E-state index in [1.807, 2.05) is 6.07 Å². The lowest BCUT2D eigenvalue weighted by molar-refractivity contribution is 0.598. The van der Waals surface area contributed by atoms with E-state index < -0.39 is 21.7 Å². The summed E-state index contributed by atoms with van der Waals surface area (Å²) in [4.78, 5) is 0.288. The van der Waals surface area contributed by atoms with Crippen LogP contribution >= 0.6 is 0 Å². The van der Waals surface area contributed by atoms with Crippen LogP contribution in [-0.4, -0.2) is 14.2 Å². The number of fused-ring (bicyclic) bond motifs is 1. The Morgan fingerprint density at radius 2 is 2.00 bits per heavy atom. The van der Waals surface area contributed by atoms with Crippen LogP contribution in [0.2, 0.25) is 0 Å². The van der Waals surface area contributed by atoms with Gasteiger partial charge in [-0.25, -0.2) is 12.8 Å². The molecule has 4 nitrogen and oxygen atoms in total. The Kier molecular flexibility index (Phi) is 3.15. The molecule has 0 aliphatic carbocycles. The largest absolute Gasteiger partial charge is 0.375 e. The second-order valence-corrected chi connectivity index (χ2v) is 6.83. The molecule has 0 radical (unpaired) electrons. The minimum absolute atomic E-state index is 0.105. The van der Waals surface area contributed by atoms with E-state index in [1.165, 1.54) is 12.1 Å². The van der Waals surface area contributed by atoms with Crippen LogP contribution in [0.4, 0.5) is 10.1 Å². The van der Waals surface area contributed by atoms with Gasteiger partial charge >= 0.3 is 0 Å². The summed E-state index contributed by atoms with van der Waals surface area (Å²) in [5.74, 6) is -0.679. The molecule has 21 heavy (non-hydrogen) atoms. The Morgan fingerprint density at radius 3 is 2.71 bits per heavy atom. The first kappa shape index (κ1) is 13.6. The number of halogens is 1. The molecule has 3 rings (SSSR count). The van der Waals surface area contributed by atoms with Crippen molar-refractivity contribution < 1.29 is 12.8 Å². The highest BCUT2D eigenvalue weighted by atomic mass is 32.2. The summed E-state index contributed by atoms with van der Waals surface area (Å²) in [7, 11) is -3.34. The first-order chi connectivity index (χ1) is 10.0. The molecular weight excluding hydrogens is 291 g/mol. The number of sulfone groups is 1. The van der Waals surface area contributed by atoms with Gasteiger partial charge < -0.3 is 5.32 Å². The fourth-order valence-corrected chi connectivity index (χ4v) is 4.20. The lowest BCUT2D eigenvalue weighted by Gasteiger charge is -2.14. The van der Waals surface area contributed by atoms with Crippen LogP contribution in [0.3, 0.4) is 0 Å². The van der Waals surface area contributed by atoms with Gasteiger partial charge in [-0.3, -0.25) is 0 Å². The lowest BCUT2D eigenvalue weighted by Crippen LogP contribution is -2.13. The highest BCUT2D eigenvalue weighted by molar-refractivity contribution is 7.91. The Labute approximate surface area is 121 Å². The van der Waals surface area contributed by atoms with Crippen molar-refractivity contribution in [2.24, 2.45) is 0 Å². The fourth-order valence-electron chi connectivity index (χ4n) is 2.46. The molecule has 1 atom stereocenters. The topological polar surface area (TPSA) is 70.0 Å². The molecule has 1 heterocycles. The Balaban J connectivity index is 1.96. The zero-order valence-electron chi connectivity index (χ0n) is 10.9. The van der Waals surface area contributed by atoms with Crippen molar-refractivity contribution in [1.82, 2.24) is 0 Å². The van der Waals surface area contributed by atoms with Gasteiger partial charge in [0.25, 0.3) is 0 Å². The summed E-state index contributed by atoms with van der Waals surface area (Å²) < 4.78 is 38.0.